The highest BCUT2D eigenvalue weighted by Crippen LogP contribution is 2.18. The van der Waals surface area contributed by atoms with Crippen LogP contribution in [0.5, 0.6) is 0 Å². The molecule has 3 aromatic rings. The summed E-state index contributed by atoms with van der Waals surface area (Å²) in [5.74, 6) is -0.817. The lowest BCUT2D eigenvalue weighted by Crippen LogP contribution is -2.43. The molecule has 0 unspecified atom stereocenters. The molecule has 0 radical (unpaired) electrons. The lowest BCUT2D eigenvalue weighted by Gasteiger charge is -2.10. The average Bonchev–Trinajstić information content (AvgIpc) is 2.73. The van der Waals surface area contributed by atoms with Gasteiger partial charge in [0.2, 0.25) is 17.7 Å². The van der Waals surface area contributed by atoms with Gasteiger partial charge in [0.1, 0.15) is 0 Å². The van der Waals surface area contributed by atoms with Gasteiger partial charge in [-0.2, -0.15) is 0 Å². The Balaban J connectivity index is 1.38. The number of benzene rings is 3. The lowest BCUT2D eigenvalue weighted by atomic mass is 10.0. The molecule has 6 nitrogen and oxygen atoms in total. The number of carbonyl (C=O) groups excluding carboxylic acids is 3. The van der Waals surface area contributed by atoms with E-state index in [0.29, 0.717) is 0 Å². The first-order valence-electron chi connectivity index (χ1n) is 9.47. The predicted octanol–water partition coefficient (Wildman–Crippen LogP) is 2.28. The van der Waals surface area contributed by atoms with Crippen molar-refractivity contribution >= 4 is 28.5 Å². The molecule has 0 aliphatic heterocycles. The SMILES string of the molecule is O=C(Cc1ccccc1)NCCC(=O)NNC(=O)Cc1cccc2ccccc12. The van der Waals surface area contributed by atoms with Crippen LogP contribution in [0.3, 0.4) is 0 Å². The molecule has 0 saturated carbocycles. The third-order valence-corrected chi connectivity index (χ3v) is 4.45. The summed E-state index contributed by atoms with van der Waals surface area (Å²) in [6.45, 7) is 0.205. The number of fused-ring (bicyclic) bond motifs is 1. The Labute approximate surface area is 169 Å². The summed E-state index contributed by atoms with van der Waals surface area (Å²) < 4.78 is 0. The molecule has 0 spiro atoms. The Morgan fingerprint density at radius 3 is 2.17 bits per heavy atom. The summed E-state index contributed by atoms with van der Waals surface area (Å²) in [5.41, 5.74) is 6.61. The van der Waals surface area contributed by atoms with Crippen LogP contribution in [0.25, 0.3) is 10.8 Å². The van der Waals surface area contributed by atoms with E-state index in [1.165, 1.54) is 0 Å². The van der Waals surface area contributed by atoms with E-state index in [1.54, 1.807) is 0 Å². The Kier molecular flexibility index (Phi) is 6.95. The van der Waals surface area contributed by atoms with E-state index in [4.69, 9.17) is 0 Å². The summed E-state index contributed by atoms with van der Waals surface area (Å²) in [6, 6.07) is 23.0. The fraction of sp³-hybridized carbons (Fsp3) is 0.174. The van der Waals surface area contributed by atoms with Crippen molar-refractivity contribution in [2.24, 2.45) is 0 Å². The maximum Gasteiger partial charge on any atom is 0.242 e. The first-order valence-corrected chi connectivity index (χ1v) is 9.47. The number of rotatable bonds is 7. The van der Waals surface area contributed by atoms with Gasteiger partial charge in [-0.15, -0.1) is 0 Å². The van der Waals surface area contributed by atoms with E-state index in [-0.39, 0.29) is 43.5 Å². The zero-order valence-corrected chi connectivity index (χ0v) is 16.0. The summed E-state index contributed by atoms with van der Waals surface area (Å²) in [6.07, 6.45) is 0.509. The van der Waals surface area contributed by atoms with Gasteiger partial charge >= 0.3 is 0 Å². The number of carbonyl (C=O) groups is 3. The minimum atomic E-state index is -0.365. The van der Waals surface area contributed by atoms with E-state index < -0.39 is 0 Å². The van der Waals surface area contributed by atoms with Crippen molar-refractivity contribution in [3.8, 4) is 0 Å². The Hall–Kier alpha value is -3.67. The van der Waals surface area contributed by atoms with Gasteiger partial charge in [-0.05, 0) is 21.9 Å². The molecule has 29 heavy (non-hydrogen) atoms. The fourth-order valence-corrected chi connectivity index (χ4v) is 3.02. The molecule has 0 saturated heterocycles. The van der Waals surface area contributed by atoms with Crippen LogP contribution < -0.4 is 16.2 Å². The molecular formula is C23H23N3O3. The number of nitrogens with one attached hydrogen (secondary N) is 3. The molecule has 0 bridgehead atoms. The fourth-order valence-electron chi connectivity index (χ4n) is 3.02. The molecule has 6 heteroatoms. The molecular weight excluding hydrogens is 366 g/mol. The minimum Gasteiger partial charge on any atom is -0.355 e. The van der Waals surface area contributed by atoms with Crippen molar-refractivity contribution in [3.63, 3.8) is 0 Å². The van der Waals surface area contributed by atoms with Crippen LogP contribution >= 0.6 is 0 Å². The number of hydrogen-bond donors (Lipinski definition) is 3. The second kappa shape index (κ2) is 10.0. The highest BCUT2D eigenvalue weighted by Gasteiger charge is 2.09. The Morgan fingerprint density at radius 1 is 0.655 bits per heavy atom. The molecule has 0 fully saturated rings. The molecule has 0 aromatic heterocycles. The first-order chi connectivity index (χ1) is 14.1. The van der Waals surface area contributed by atoms with Gasteiger partial charge in [-0.1, -0.05) is 72.8 Å². The number of hydrogen-bond acceptors (Lipinski definition) is 3. The van der Waals surface area contributed by atoms with Crippen molar-refractivity contribution in [1.82, 2.24) is 16.2 Å². The summed E-state index contributed by atoms with van der Waals surface area (Å²) in [7, 11) is 0. The Bertz CT molecular complexity index is 997. The monoisotopic (exact) mass is 389 g/mol. The van der Waals surface area contributed by atoms with E-state index in [1.807, 2.05) is 72.8 Å². The smallest absolute Gasteiger partial charge is 0.242 e. The van der Waals surface area contributed by atoms with Crippen LogP contribution in [0.4, 0.5) is 0 Å². The summed E-state index contributed by atoms with van der Waals surface area (Å²) in [5, 5.41) is 4.77. The van der Waals surface area contributed by atoms with Gasteiger partial charge < -0.3 is 5.32 Å². The first kappa shape index (κ1) is 20.1. The highest BCUT2D eigenvalue weighted by atomic mass is 16.2. The van der Waals surface area contributed by atoms with Crippen LogP contribution in [0.1, 0.15) is 17.5 Å². The van der Waals surface area contributed by atoms with Gasteiger partial charge in [-0.25, -0.2) is 0 Å². The molecule has 3 aromatic carbocycles. The molecule has 0 heterocycles. The molecule has 0 aliphatic carbocycles. The summed E-state index contributed by atoms with van der Waals surface area (Å²) in [4.78, 5) is 35.9. The zero-order valence-electron chi connectivity index (χ0n) is 16.0. The number of amides is 3. The highest BCUT2D eigenvalue weighted by molar-refractivity contribution is 5.91. The van der Waals surface area contributed by atoms with Crippen LogP contribution in [-0.2, 0) is 27.2 Å². The molecule has 0 atom stereocenters. The van der Waals surface area contributed by atoms with Crippen LogP contribution in [0.15, 0.2) is 72.8 Å². The standard InChI is InChI=1S/C23H23N3O3/c27-21(13-14-24-22(28)15-17-7-2-1-3-8-17)25-26-23(29)16-19-11-6-10-18-9-4-5-12-20(18)19/h1-12H,13-16H2,(H,24,28)(H,25,27)(H,26,29). The van der Waals surface area contributed by atoms with Crippen molar-refractivity contribution in [1.29, 1.82) is 0 Å². The van der Waals surface area contributed by atoms with Gasteiger partial charge in [0, 0.05) is 13.0 Å². The second-order valence-electron chi connectivity index (χ2n) is 6.67. The van der Waals surface area contributed by atoms with Gasteiger partial charge in [0.25, 0.3) is 0 Å². The lowest BCUT2D eigenvalue weighted by molar-refractivity contribution is -0.128. The molecule has 148 valence electrons. The molecule has 3 amide bonds. The maximum atomic E-state index is 12.2. The van der Waals surface area contributed by atoms with E-state index in [9.17, 15) is 14.4 Å². The minimum absolute atomic E-state index is 0.0784. The van der Waals surface area contributed by atoms with Crippen LogP contribution in [0.2, 0.25) is 0 Å². The predicted molar refractivity (Wildman–Crippen MR) is 112 cm³/mol. The second-order valence-corrected chi connectivity index (χ2v) is 6.67. The van der Waals surface area contributed by atoms with Crippen molar-refractivity contribution < 1.29 is 14.4 Å². The third kappa shape index (κ3) is 6.17. The largest absolute Gasteiger partial charge is 0.355 e. The van der Waals surface area contributed by atoms with Crippen LogP contribution in [0, 0.1) is 0 Å². The van der Waals surface area contributed by atoms with Crippen molar-refractivity contribution in [3.05, 3.63) is 83.9 Å². The van der Waals surface area contributed by atoms with E-state index in [0.717, 1.165) is 21.9 Å². The average molecular weight is 389 g/mol. The normalized spacial score (nSPS) is 10.3. The topological polar surface area (TPSA) is 87.3 Å². The maximum absolute atomic E-state index is 12.2. The summed E-state index contributed by atoms with van der Waals surface area (Å²) >= 11 is 0. The van der Waals surface area contributed by atoms with E-state index in [2.05, 4.69) is 16.2 Å². The Morgan fingerprint density at radius 2 is 1.34 bits per heavy atom. The molecule has 3 rings (SSSR count). The van der Waals surface area contributed by atoms with Gasteiger partial charge in [0.15, 0.2) is 0 Å². The van der Waals surface area contributed by atoms with Gasteiger partial charge in [-0.3, -0.25) is 25.2 Å². The van der Waals surface area contributed by atoms with E-state index >= 15 is 0 Å². The van der Waals surface area contributed by atoms with Gasteiger partial charge in [0.05, 0.1) is 12.8 Å². The number of hydrazine groups is 1. The third-order valence-electron chi connectivity index (χ3n) is 4.45. The van der Waals surface area contributed by atoms with Crippen LogP contribution in [-0.4, -0.2) is 24.3 Å². The van der Waals surface area contributed by atoms with Crippen molar-refractivity contribution in [2.45, 2.75) is 19.3 Å². The zero-order chi connectivity index (χ0) is 20.5. The molecule has 3 N–H and O–H groups in total. The van der Waals surface area contributed by atoms with Crippen molar-refractivity contribution in [2.75, 3.05) is 6.54 Å². The quantitative estimate of drug-likeness (QED) is 0.542. The molecule has 0 aliphatic rings.